The number of rotatable bonds is 6. The van der Waals surface area contributed by atoms with Crippen molar-refractivity contribution in [2.75, 3.05) is 13.7 Å². The van der Waals surface area contributed by atoms with Gasteiger partial charge in [0.25, 0.3) is 5.89 Å². The minimum Gasteiger partial charge on any atom is -0.504 e. The fraction of sp³-hybridized carbons (Fsp3) is 0.292. The molecule has 0 spiro atoms. The molecule has 1 unspecified atom stereocenters. The van der Waals surface area contributed by atoms with E-state index in [4.69, 9.17) is 33.1 Å². The van der Waals surface area contributed by atoms with Crippen molar-refractivity contribution in [3.8, 4) is 22.9 Å². The van der Waals surface area contributed by atoms with E-state index < -0.39 is 6.04 Å². The second kappa shape index (κ2) is 9.41. The molecule has 0 bridgehead atoms. The van der Waals surface area contributed by atoms with Crippen LogP contribution in [-0.2, 0) is 0 Å². The Labute approximate surface area is 203 Å². The van der Waals surface area contributed by atoms with Crippen molar-refractivity contribution in [2.24, 2.45) is 5.92 Å². The van der Waals surface area contributed by atoms with E-state index in [0.29, 0.717) is 33.5 Å². The molecule has 0 saturated heterocycles. The van der Waals surface area contributed by atoms with E-state index in [1.54, 1.807) is 24.3 Å². The summed E-state index contributed by atoms with van der Waals surface area (Å²) in [4.78, 5) is 6.71. The summed E-state index contributed by atoms with van der Waals surface area (Å²) in [6.45, 7) is 6.99. The molecule has 1 atom stereocenters. The molecule has 2 heterocycles. The number of nitrogens with zero attached hydrogens (tertiary/aromatic N) is 3. The molecule has 7 nitrogen and oxygen atoms in total. The Balaban J connectivity index is 1.83. The molecule has 33 heavy (non-hydrogen) atoms. The Kier molecular flexibility index (Phi) is 6.58. The van der Waals surface area contributed by atoms with Crippen LogP contribution in [-0.4, -0.2) is 38.9 Å². The monoisotopic (exact) mass is 484 g/mol. The van der Waals surface area contributed by atoms with Crippen LogP contribution in [0.5, 0.6) is 11.5 Å². The number of hydrogen-bond donors (Lipinski definition) is 2. The molecule has 0 fully saturated rings. The van der Waals surface area contributed by atoms with Gasteiger partial charge in [0, 0.05) is 22.8 Å². The van der Waals surface area contributed by atoms with Gasteiger partial charge in [-0.25, -0.2) is 0 Å². The number of ether oxygens (including phenoxy) is 1. The Hall–Kier alpha value is -3.10. The number of allylic oxidation sites excluding steroid dienone is 1. The first kappa shape index (κ1) is 23.1. The number of thiocarbonyl (C=S) groups is 1. The maximum Gasteiger partial charge on any atom is 0.258 e. The second-order valence-corrected chi connectivity index (χ2v) is 9.07. The van der Waals surface area contributed by atoms with Crippen molar-refractivity contribution >= 4 is 34.5 Å². The highest BCUT2D eigenvalue weighted by atomic mass is 35.5. The number of nitrogens with one attached hydrogen (secondary N) is 1. The Morgan fingerprint density at radius 2 is 2.06 bits per heavy atom. The maximum absolute atomic E-state index is 10.4. The first-order chi connectivity index (χ1) is 15.8. The van der Waals surface area contributed by atoms with Crippen LogP contribution in [0, 0.1) is 5.92 Å². The van der Waals surface area contributed by atoms with E-state index in [2.05, 4.69) is 29.3 Å². The van der Waals surface area contributed by atoms with Gasteiger partial charge in [-0.2, -0.15) is 4.98 Å². The fourth-order valence-electron chi connectivity index (χ4n) is 3.86. The van der Waals surface area contributed by atoms with Gasteiger partial charge in [-0.15, -0.1) is 0 Å². The largest absolute Gasteiger partial charge is 0.504 e. The van der Waals surface area contributed by atoms with Crippen LogP contribution in [0.3, 0.4) is 0 Å². The van der Waals surface area contributed by atoms with E-state index >= 15 is 0 Å². The third-order valence-electron chi connectivity index (χ3n) is 5.42. The lowest BCUT2D eigenvalue weighted by Gasteiger charge is -2.38. The summed E-state index contributed by atoms with van der Waals surface area (Å²) < 4.78 is 10.9. The van der Waals surface area contributed by atoms with Crippen molar-refractivity contribution in [3.63, 3.8) is 0 Å². The van der Waals surface area contributed by atoms with Gasteiger partial charge in [-0.1, -0.05) is 48.8 Å². The van der Waals surface area contributed by atoms with E-state index in [0.717, 1.165) is 28.9 Å². The maximum atomic E-state index is 10.4. The number of halogens is 1. The molecule has 2 aromatic carbocycles. The van der Waals surface area contributed by atoms with Gasteiger partial charge in [-0.05, 0) is 54.9 Å². The SMILES string of the molecule is COc1ccc(C2NC(=S)N(CC(C)C)C(C)=C2c2nc(-c3cccc(Cl)c3)no2)cc1O. The quantitative estimate of drug-likeness (QED) is 0.448. The van der Waals surface area contributed by atoms with Gasteiger partial charge < -0.3 is 24.6 Å². The first-order valence-electron chi connectivity index (χ1n) is 10.5. The highest BCUT2D eigenvalue weighted by molar-refractivity contribution is 7.80. The zero-order valence-corrected chi connectivity index (χ0v) is 20.4. The minimum absolute atomic E-state index is 0.0366. The van der Waals surface area contributed by atoms with Crippen LogP contribution < -0.4 is 10.1 Å². The van der Waals surface area contributed by atoms with Gasteiger partial charge in [0.2, 0.25) is 5.82 Å². The molecular formula is C24H25ClN4O3S. The van der Waals surface area contributed by atoms with Crippen LogP contribution in [0.15, 0.2) is 52.7 Å². The zero-order valence-electron chi connectivity index (χ0n) is 18.8. The van der Waals surface area contributed by atoms with Crippen LogP contribution in [0.25, 0.3) is 17.0 Å². The summed E-state index contributed by atoms with van der Waals surface area (Å²) in [5.74, 6) is 1.61. The molecule has 172 valence electrons. The third-order valence-corrected chi connectivity index (χ3v) is 5.99. The Bertz CT molecular complexity index is 1220. The summed E-state index contributed by atoms with van der Waals surface area (Å²) in [5.41, 5.74) is 3.24. The zero-order chi connectivity index (χ0) is 23.7. The molecule has 0 radical (unpaired) electrons. The molecule has 0 saturated carbocycles. The summed E-state index contributed by atoms with van der Waals surface area (Å²) in [6.07, 6.45) is 0. The Morgan fingerprint density at radius 3 is 2.73 bits per heavy atom. The molecule has 0 amide bonds. The smallest absolute Gasteiger partial charge is 0.258 e. The van der Waals surface area contributed by atoms with Crippen molar-refractivity contribution in [1.82, 2.24) is 20.4 Å². The lowest BCUT2D eigenvalue weighted by Crippen LogP contribution is -2.47. The number of aromatic hydroxyl groups is 1. The molecule has 0 aliphatic carbocycles. The summed E-state index contributed by atoms with van der Waals surface area (Å²) in [7, 11) is 1.51. The average molecular weight is 485 g/mol. The summed E-state index contributed by atoms with van der Waals surface area (Å²) in [6, 6.07) is 12.1. The van der Waals surface area contributed by atoms with E-state index in [1.807, 2.05) is 30.0 Å². The normalized spacial score (nSPS) is 16.4. The average Bonchev–Trinajstić information content (AvgIpc) is 3.26. The molecule has 9 heteroatoms. The van der Waals surface area contributed by atoms with Gasteiger partial charge in [0.05, 0.1) is 18.7 Å². The minimum atomic E-state index is -0.398. The molecule has 1 aliphatic heterocycles. The summed E-state index contributed by atoms with van der Waals surface area (Å²) in [5, 5.41) is 19.1. The highest BCUT2D eigenvalue weighted by Gasteiger charge is 2.34. The van der Waals surface area contributed by atoms with E-state index in [9.17, 15) is 5.11 Å². The Morgan fingerprint density at radius 1 is 1.27 bits per heavy atom. The molecule has 4 rings (SSSR count). The lowest BCUT2D eigenvalue weighted by atomic mass is 9.94. The van der Waals surface area contributed by atoms with Crippen LogP contribution in [0.1, 0.15) is 38.3 Å². The van der Waals surface area contributed by atoms with Gasteiger partial charge in [-0.3, -0.25) is 0 Å². The molecular weight excluding hydrogens is 460 g/mol. The van der Waals surface area contributed by atoms with Crippen LogP contribution >= 0.6 is 23.8 Å². The van der Waals surface area contributed by atoms with Gasteiger partial charge >= 0.3 is 0 Å². The highest BCUT2D eigenvalue weighted by Crippen LogP contribution is 2.40. The third kappa shape index (κ3) is 4.67. The fourth-order valence-corrected chi connectivity index (χ4v) is 4.38. The topological polar surface area (TPSA) is 83.7 Å². The number of benzene rings is 2. The number of methoxy groups -OCH3 is 1. The van der Waals surface area contributed by atoms with Crippen LogP contribution in [0.4, 0.5) is 0 Å². The summed E-state index contributed by atoms with van der Waals surface area (Å²) >= 11 is 11.8. The van der Waals surface area contributed by atoms with Crippen molar-refractivity contribution in [3.05, 3.63) is 64.6 Å². The number of phenols is 1. The molecule has 3 aromatic rings. The standard InChI is InChI=1S/C24H25ClN4O3S/c1-13(2)12-29-14(3)20(23-27-22(28-32-23)16-6-5-7-17(25)10-16)21(26-24(29)33)15-8-9-19(31-4)18(30)11-15/h5-11,13,21,30H,12H2,1-4H3,(H,26,33). The molecule has 1 aromatic heterocycles. The molecule has 2 N–H and O–H groups in total. The number of aromatic nitrogens is 2. The predicted molar refractivity (Wildman–Crippen MR) is 132 cm³/mol. The number of hydrogen-bond acceptors (Lipinski definition) is 6. The van der Waals surface area contributed by atoms with Crippen LogP contribution in [0.2, 0.25) is 5.02 Å². The second-order valence-electron chi connectivity index (χ2n) is 8.25. The predicted octanol–water partition coefficient (Wildman–Crippen LogP) is 5.42. The number of phenolic OH excluding ortho intramolecular Hbond substituents is 1. The molecule has 1 aliphatic rings. The first-order valence-corrected chi connectivity index (χ1v) is 11.3. The van der Waals surface area contributed by atoms with Crippen molar-refractivity contribution in [1.29, 1.82) is 0 Å². The lowest BCUT2D eigenvalue weighted by molar-refractivity contribution is 0.371. The van der Waals surface area contributed by atoms with Crippen molar-refractivity contribution in [2.45, 2.75) is 26.8 Å². The van der Waals surface area contributed by atoms with Gasteiger partial charge in [0.15, 0.2) is 16.6 Å². The van der Waals surface area contributed by atoms with E-state index in [-0.39, 0.29) is 5.75 Å². The van der Waals surface area contributed by atoms with E-state index in [1.165, 1.54) is 7.11 Å². The van der Waals surface area contributed by atoms with Gasteiger partial charge in [0.1, 0.15) is 0 Å². The van der Waals surface area contributed by atoms with Crippen molar-refractivity contribution < 1.29 is 14.4 Å².